The van der Waals surface area contributed by atoms with E-state index in [1.807, 2.05) is 0 Å². The Labute approximate surface area is 141 Å². The molecule has 2 atom stereocenters. The Balaban J connectivity index is 1.59. The van der Waals surface area contributed by atoms with E-state index in [0.29, 0.717) is 17.5 Å². The number of nitrogens with one attached hydrogen (secondary N) is 2. The van der Waals surface area contributed by atoms with Crippen molar-refractivity contribution in [1.29, 1.82) is 0 Å². The zero-order chi connectivity index (χ0) is 16.9. The van der Waals surface area contributed by atoms with Gasteiger partial charge in [0.1, 0.15) is 17.3 Å². The molecule has 1 heterocycles. The zero-order valence-corrected chi connectivity index (χ0v) is 13.6. The number of halogens is 1. The molecule has 0 aromatic heterocycles. The lowest BCUT2D eigenvalue weighted by atomic mass is 9.92. The normalized spacial score (nSPS) is 20.4. The lowest BCUT2D eigenvalue weighted by Gasteiger charge is -2.27. The second-order valence-corrected chi connectivity index (χ2v) is 6.15. The van der Waals surface area contributed by atoms with Gasteiger partial charge in [0.15, 0.2) is 0 Å². The Bertz CT molecular complexity index is 703. The largest absolute Gasteiger partial charge is 0.457 e. The Morgan fingerprint density at radius 1 is 1.21 bits per heavy atom. The molecular formula is C19H21FN2O2. The topological polar surface area (TPSA) is 50.4 Å². The van der Waals surface area contributed by atoms with Crippen molar-refractivity contribution >= 4 is 11.6 Å². The summed E-state index contributed by atoms with van der Waals surface area (Å²) in [4.78, 5) is 12.3. The molecule has 1 amide bonds. The van der Waals surface area contributed by atoms with Crippen molar-refractivity contribution < 1.29 is 13.9 Å². The van der Waals surface area contributed by atoms with Crippen LogP contribution in [0.2, 0.25) is 0 Å². The third-order valence-electron chi connectivity index (χ3n) is 4.15. The quantitative estimate of drug-likeness (QED) is 0.893. The van der Waals surface area contributed by atoms with E-state index in [9.17, 15) is 9.18 Å². The van der Waals surface area contributed by atoms with Crippen LogP contribution >= 0.6 is 0 Å². The number of ether oxygens (including phenoxy) is 1. The Morgan fingerprint density at radius 2 is 2.00 bits per heavy atom. The predicted molar refractivity (Wildman–Crippen MR) is 91.7 cm³/mol. The minimum absolute atomic E-state index is 0.0458. The summed E-state index contributed by atoms with van der Waals surface area (Å²) in [7, 11) is 0. The van der Waals surface area contributed by atoms with Crippen LogP contribution in [0.3, 0.4) is 0 Å². The van der Waals surface area contributed by atoms with Crippen LogP contribution in [0.15, 0.2) is 48.5 Å². The number of hydrogen-bond donors (Lipinski definition) is 2. The summed E-state index contributed by atoms with van der Waals surface area (Å²) in [6.45, 7) is 2.97. The zero-order valence-electron chi connectivity index (χ0n) is 13.6. The number of amides is 1. The first-order valence-electron chi connectivity index (χ1n) is 8.18. The first kappa shape index (κ1) is 16.5. The van der Waals surface area contributed by atoms with E-state index in [1.54, 1.807) is 36.4 Å². The van der Waals surface area contributed by atoms with Gasteiger partial charge in [-0.05, 0) is 62.7 Å². The third kappa shape index (κ3) is 4.32. The predicted octanol–water partition coefficient (Wildman–Crippen LogP) is 3.94. The lowest BCUT2D eigenvalue weighted by Crippen LogP contribution is -2.40. The van der Waals surface area contributed by atoms with E-state index >= 15 is 0 Å². The molecule has 0 unspecified atom stereocenters. The second kappa shape index (κ2) is 7.45. The summed E-state index contributed by atoms with van der Waals surface area (Å²) in [5.74, 6) is 0.795. The summed E-state index contributed by atoms with van der Waals surface area (Å²) in [6, 6.07) is 13.4. The molecule has 2 N–H and O–H groups in total. The highest BCUT2D eigenvalue weighted by molar-refractivity contribution is 5.92. The first-order chi connectivity index (χ1) is 11.6. The molecule has 24 heavy (non-hydrogen) atoms. The van der Waals surface area contributed by atoms with E-state index in [2.05, 4.69) is 17.6 Å². The molecule has 1 aliphatic heterocycles. The summed E-state index contributed by atoms with van der Waals surface area (Å²) in [5, 5.41) is 6.29. The van der Waals surface area contributed by atoms with Crippen LogP contribution < -0.4 is 15.4 Å². The highest BCUT2D eigenvalue weighted by Gasteiger charge is 2.24. The van der Waals surface area contributed by atoms with Crippen molar-refractivity contribution in [2.75, 3.05) is 11.9 Å². The van der Waals surface area contributed by atoms with Gasteiger partial charge in [0, 0.05) is 23.7 Å². The number of piperidine rings is 1. The number of benzene rings is 2. The van der Waals surface area contributed by atoms with Crippen molar-refractivity contribution in [3.63, 3.8) is 0 Å². The van der Waals surface area contributed by atoms with Gasteiger partial charge in [-0.2, -0.15) is 0 Å². The van der Waals surface area contributed by atoms with Crippen LogP contribution in [0.1, 0.15) is 19.8 Å². The van der Waals surface area contributed by atoms with E-state index in [0.717, 1.165) is 25.1 Å². The minimum atomic E-state index is -0.340. The van der Waals surface area contributed by atoms with Gasteiger partial charge in [0.05, 0.1) is 0 Å². The van der Waals surface area contributed by atoms with Crippen LogP contribution in [0.4, 0.5) is 10.1 Å². The fourth-order valence-corrected chi connectivity index (χ4v) is 2.89. The molecule has 0 spiro atoms. The van der Waals surface area contributed by atoms with Crippen molar-refractivity contribution in [2.45, 2.75) is 25.8 Å². The summed E-state index contributed by atoms with van der Waals surface area (Å²) in [5.41, 5.74) is 0.734. The molecule has 0 aliphatic carbocycles. The smallest absolute Gasteiger partial charge is 0.227 e. The van der Waals surface area contributed by atoms with Gasteiger partial charge in [-0.1, -0.05) is 6.07 Å². The highest BCUT2D eigenvalue weighted by Crippen LogP contribution is 2.24. The molecule has 3 rings (SSSR count). The summed E-state index contributed by atoms with van der Waals surface area (Å²) in [6.07, 6.45) is 1.71. The standard InChI is InChI=1S/C19H21FN2O2/c1-13-11-14(9-10-21-13)19(23)22-16-5-7-17(8-6-16)24-18-4-2-3-15(20)12-18/h2-8,12-14,21H,9-11H2,1H3,(H,22,23)/t13-,14-/m0/s1. The minimum Gasteiger partial charge on any atom is -0.457 e. The number of carbonyl (C=O) groups is 1. The molecule has 0 radical (unpaired) electrons. The van der Waals surface area contributed by atoms with Crippen LogP contribution in [0, 0.1) is 11.7 Å². The number of carbonyl (C=O) groups excluding carboxylic acids is 1. The average molecular weight is 328 g/mol. The van der Waals surface area contributed by atoms with Gasteiger partial charge in [0.2, 0.25) is 5.91 Å². The molecule has 2 aromatic carbocycles. The molecule has 4 nitrogen and oxygen atoms in total. The van der Waals surface area contributed by atoms with Crippen molar-refractivity contribution in [3.05, 3.63) is 54.3 Å². The second-order valence-electron chi connectivity index (χ2n) is 6.15. The molecule has 0 bridgehead atoms. The van der Waals surface area contributed by atoms with E-state index in [1.165, 1.54) is 12.1 Å². The number of hydrogen-bond acceptors (Lipinski definition) is 3. The van der Waals surface area contributed by atoms with Crippen molar-refractivity contribution in [3.8, 4) is 11.5 Å². The molecule has 126 valence electrons. The van der Waals surface area contributed by atoms with Crippen LogP contribution in [-0.4, -0.2) is 18.5 Å². The van der Waals surface area contributed by atoms with Crippen LogP contribution in [0.5, 0.6) is 11.5 Å². The van der Waals surface area contributed by atoms with Crippen LogP contribution in [0.25, 0.3) is 0 Å². The van der Waals surface area contributed by atoms with Gasteiger partial charge >= 0.3 is 0 Å². The maximum absolute atomic E-state index is 13.1. The van der Waals surface area contributed by atoms with Crippen molar-refractivity contribution in [1.82, 2.24) is 5.32 Å². The summed E-state index contributed by atoms with van der Waals surface area (Å²) < 4.78 is 18.7. The monoisotopic (exact) mass is 328 g/mol. The molecule has 5 heteroatoms. The third-order valence-corrected chi connectivity index (χ3v) is 4.15. The van der Waals surface area contributed by atoms with Crippen LogP contribution in [-0.2, 0) is 4.79 Å². The number of anilines is 1. The molecule has 2 aromatic rings. The fraction of sp³-hybridized carbons (Fsp3) is 0.316. The lowest BCUT2D eigenvalue weighted by molar-refractivity contribution is -0.120. The molecule has 1 fully saturated rings. The number of rotatable bonds is 4. The van der Waals surface area contributed by atoms with Crippen molar-refractivity contribution in [2.24, 2.45) is 5.92 Å². The average Bonchev–Trinajstić information content (AvgIpc) is 2.57. The Kier molecular flexibility index (Phi) is 5.11. The van der Waals surface area contributed by atoms with Gasteiger partial charge in [-0.15, -0.1) is 0 Å². The SMILES string of the molecule is C[C@H]1C[C@@H](C(=O)Nc2ccc(Oc3cccc(F)c3)cc2)CCN1. The maximum atomic E-state index is 13.1. The first-order valence-corrected chi connectivity index (χ1v) is 8.18. The van der Waals surface area contributed by atoms with Gasteiger partial charge in [-0.3, -0.25) is 4.79 Å². The summed E-state index contributed by atoms with van der Waals surface area (Å²) >= 11 is 0. The highest BCUT2D eigenvalue weighted by atomic mass is 19.1. The Morgan fingerprint density at radius 3 is 2.71 bits per heavy atom. The Hall–Kier alpha value is -2.40. The van der Waals surface area contributed by atoms with E-state index in [-0.39, 0.29) is 17.6 Å². The van der Waals surface area contributed by atoms with E-state index in [4.69, 9.17) is 4.74 Å². The molecule has 1 aliphatic rings. The maximum Gasteiger partial charge on any atom is 0.227 e. The van der Waals surface area contributed by atoms with Gasteiger partial charge in [-0.25, -0.2) is 4.39 Å². The molecule has 0 saturated carbocycles. The van der Waals surface area contributed by atoms with Gasteiger partial charge in [0.25, 0.3) is 0 Å². The molecular weight excluding hydrogens is 307 g/mol. The molecule has 1 saturated heterocycles. The fourth-order valence-electron chi connectivity index (χ4n) is 2.89. The van der Waals surface area contributed by atoms with E-state index < -0.39 is 0 Å². The van der Waals surface area contributed by atoms with Gasteiger partial charge < -0.3 is 15.4 Å².